The highest BCUT2D eigenvalue weighted by Gasteiger charge is 2.54. The molecule has 71 heavy (non-hydrogen) atoms. The average Bonchev–Trinajstić information content (AvgIpc) is 3.20. The van der Waals surface area contributed by atoms with Crippen molar-refractivity contribution in [3.05, 3.63) is 123 Å². The lowest BCUT2D eigenvalue weighted by atomic mass is 9.90. The van der Waals surface area contributed by atoms with Crippen molar-refractivity contribution in [2.45, 2.75) is 82.8 Å². The Bertz CT molecular complexity index is 2280. The van der Waals surface area contributed by atoms with Gasteiger partial charge in [-0.05, 0) is 69.3 Å². The number of quaternary nitrogens is 1. The molecule has 4 rings (SSSR count). The van der Waals surface area contributed by atoms with Crippen LogP contribution in [0.2, 0.25) is 0 Å². The molecule has 4 aromatic rings. The van der Waals surface area contributed by atoms with E-state index in [4.69, 9.17) is 18.7 Å². The molecule has 0 aliphatic rings. The predicted molar refractivity (Wildman–Crippen MR) is 199 cm³/mol. The van der Waals surface area contributed by atoms with Gasteiger partial charge in [0.05, 0.1) is 65.7 Å². The largest absolute Gasteiger partial charge is 0.864 e. The van der Waals surface area contributed by atoms with Crippen molar-refractivity contribution in [3.8, 4) is 17.2 Å². The van der Waals surface area contributed by atoms with Gasteiger partial charge in [0.1, 0.15) is 17.2 Å². The highest BCUT2D eigenvalue weighted by atomic mass is 19.4. The Balaban J connectivity index is 0.000000814. The molecule has 0 aliphatic carbocycles. The van der Waals surface area contributed by atoms with E-state index in [0.29, 0.717) is 12.1 Å². The van der Waals surface area contributed by atoms with Gasteiger partial charge in [-0.25, -0.2) is 0 Å². The summed E-state index contributed by atoms with van der Waals surface area (Å²) < 4.78 is 344. The lowest BCUT2D eigenvalue weighted by molar-refractivity contribution is -0.988. The Hall–Kier alpha value is -5.42. The number of hydrogen-bond donors (Lipinski definition) is 0. The molecule has 0 spiro atoms. The van der Waals surface area contributed by atoms with Gasteiger partial charge in [-0.3, -0.25) is 4.48 Å². The van der Waals surface area contributed by atoms with Crippen molar-refractivity contribution in [1.82, 2.24) is 0 Å². The smallest absolute Gasteiger partial charge is 0.490 e. The van der Waals surface area contributed by atoms with E-state index in [1.165, 1.54) is 27.8 Å². The highest BCUT2D eigenvalue weighted by molar-refractivity contribution is 6.39. The van der Waals surface area contributed by atoms with E-state index >= 15 is 0 Å². The fourth-order valence-corrected chi connectivity index (χ4v) is 6.37. The van der Waals surface area contributed by atoms with Crippen molar-refractivity contribution in [2.24, 2.45) is 0 Å². The number of nitrogens with zero attached hydrogens (tertiary/aromatic N) is 1. The molecule has 0 fully saturated rings. The molecule has 0 aromatic heterocycles. The van der Waals surface area contributed by atoms with Crippen molar-refractivity contribution in [3.63, 3.8) is 0 Å². The molecule has 5 nitrogen and oxygen atoms in total. The molecule has 0 amide bonds. The SMILES string of the molecule is CCOC(C)(c1c(OB(Oc2cc(C(F)(F)F)cc(C(F)(F)F)c2)Oc2cc(C(F)(F)F)cc(C(F)(F)F)c2)cc(C(F)(F)F)cc1C(F)(F)F)[N+](C)(CC)CC.FC(F)(F)c1c[c-]cc(C(F)(F)F)c1. The second kappa shape index (κ2) is 20.6. The lowest BCUT2D eigenvalue weighted by Crippen LogP contribution is -2.60. The number of halogens is 24. The first-order valence-electron chi connectivity index (χ1n) is 19.4. The van der Waals surface area contributed by atoms with Crippen LogP contribution in [0.1, 0.15) is 77.8 Å². The molecule has 0 aliphatic heterocycles. The van der Waals surface area contributed by atoms with Crippen LogP contribution in [0.3, 0.4) is 0 Å². The normalized spacial score (nSPS) is 14.3. The molecular formula is C41H32BF24NO4. The number of hydrogen-bond acceptors (Lipinski definition) is 4. The van der Waals surface area contributed by atoms with Crippen LogP contribution >= 0.6 is 0 Å². The third kappa shape index (κ3) is 15.1. The van der Waals surface area contributed by atoms with Crippen LogP contribution in [0.4, 0.5) is 105 Å². The van der Waals surface area contributed by atoms with Gasteiger partial charge >= 0.3 is 56.7 Å². The number of alkyl halides is 24. The van der Waals surface area contributed by atoms with Gasteiger partial charge in [-0.15, -0.1) is 6.07 Å². The maximum Gasteiger partial charge on any atom is 0.864 e. The molecule has 0 saturated heterocycles. The zero-order chi connectivity index (χ0) is 54.9. The maximum absolute atomic E-state index is 14.8. The minimum absolute atomic E-state index is 0.0521. The summed E-state index contributed by atoms with van der Waals surface area (Å²) in [6.45, 7) is 4.32. The van der Waals surface area contributed by atoms with Crippen molar-refractivity contribution < 1.29 is 129 Å². The van der Waals surface area contributed by atoms with E-state index in [1.807, 2.05) is 0 Å². The summed E-state index contributed by atoms with van der Waals surface area (Å²) >= 11 is 0. The second-order valence-electron chi connectivity index (χ2n) is 15.0. The summed E-state index contributed by atoms with van der Waals surface area (Å²) in [4.78, 5) is 0. The fourth-order valence-electron chi connectivity index (χ4n) is 6.37. The second-order valence-corrected chi connectivity index (χ2v) is 15.0. The average molecular weight is 1070 g/mol. The van der Waals surface area contributed by atoms with Gasteiger partial charge in [-0.2, -0.15) is 124 Å². The molecule has 30 heteroatoms. The fraction of sp³-hybridized carbons (Fsp3) is 0.415. The standard InChI is InChI=1S/C33H29BF18NO4.C8H3F6/c1-6-53(5,7-2)27(4,54-8-3)26-24(33(50,51)52)15-21(32(47,48)49)16-25(26)57-34(55-22-11-17(28(35,36)37)9-18(12-22)29(38,39)40)56-23-13-19(30(41,42)43)10-20(14-23)31(44,45)46;9-7(10,11)5-2-1-3-6(4-5)8(12,13)14/h9-16H,6-8H2,1-5H3;2-4H/q+1;-1. The van der Waals surface area contributed by atoms with Crippen molar-refractivity contribution in [1.29, 1.82) is 0 Å². The van der Waals surface area contributed by atoms with Crippen molar-refractivity contribution >= 4 is 7.32 Å². The van der Waals surface area contributed by atoms with E-state index in [-0.39, 0.29) is 55.6 Å². The Morgan fingerprint density at radius 3 is 1.01 bits per heavy atom. The van der Waals surface area contributed by atoms with E-state index in [1.54, 1.807) is 6.07 Å². The first-order valence-corrected chi connectivity index (χ1v) is 19.4. The Morgan fingerprint density at radius 2 is 0.732 bits per heavy atom. The molecule has 0 bridgehead atoms. The Labute approximate surface area is 385 Å². The zero-order valence-electron chi connectivity index (χ0n) is 36.2. The minimum atomic E-state index is -5.73. The van der Waals surface area contributed by atoms with E-state index in [2.05, 4.69) is 0 Å². The summed E-state index contributed by atoms with van der Waals surface area (Å²) in [6.07, 6.45) is -43.4. The topological polar surface area (TPSA) is 36.9 Å². The monoisotopic (exact) mass is 1070 g/mol. The summed E-state index contributed by atoms with van der Waals surface area (Å²) in [5.74, 6) is -4.86. The summed E-state index contributed by atoms with van der Waals surface area (Å²) in [6, 6.07) is 0.659. The molecule has 0 radical (unpaired) electrons. The lowest BCUT2D eigenvalue weighted by Gasteiger charge is -2.48. The molecule has 1 unspecified atom stereocenters. The van der Waals surface area contributed by atoms with Crippen LogP contribution in [0.15, 0.2) is 66.7 Å². The van der Waals surface area contributed by atoms with Gasteiger partial charge in [-0.1, -0.05) is 11.1 Å². The van der Waals surface area contributed by atoms with Crippen LogP contribution < -0.4 is 14.0 Å². The third-order valence-corrected chi connectivity index (χ3v) is 10.3. The van der Waals surface area contributed by atoms with Gasteiger partial charge < -0.3 is 18.7 Å². The quantitative estimate of drug-likeness (QED) is 0.0466. The summed E-state index contributed by atoms with van der Waals surface area (Å²) in [5.41, 5.74) is -19.2. The van der Waals surface area contributed by atoms with E-state index in [0.717, 1.165) is 6.92 Å². The first-order chi connectivity index (χ1) is 31.8. The maximum atomic E-state index is 14.8. The van der Waals surface area contributed by atoms with Gasteiger partial charge in [0, 0.05) is 6.92 Å². The van der Waals surface area contributed by atoms with Crippen molar-refractivity contribution in [2.75, 3.05) is 26.7 Å². The van der Waals surface area contributed by atoms with Crippen LogP contribution in [-0.2, 0) is 59.9 Å². The van der Waals surface area contributed by atoms with Gasteiger partial charge in [0.15, 0.2) is 0 Å². The molecule has 0 saturated carbocycles. The highest BCUT2D eigenvalue weighted by Crippen LogP contribution is 2.50. The van der Waals surface area contributed by atoms with Crippen LogP contribution in [0.5, 0.6) is 17.2 Å². The summed E-state index contributed by atoms with van der Waals surface area (Å²) in [5, 5.41) is 0. The predicted octanol–water partition coefficient (Wildman–Crippen LogP) is 15.5. The minimum Gasteiger partial charge on any atom is -0.490 e. The Morgan fingerprint density at radius 1 is 0.423 bits per heavy atom. The van der Waals surface area contributed by atoms with Gasteiger partial charge in [0.25, 0.3) is 0 Å². The number of ether oxygens (including phenoxy) is 1. The molecule has 1 atom stereocenters. The molecule has 0 N–H and O–H groups in total. The number of rotatable bonds is 12. The van der Waals surface area contributed by atoms with E-state index < -0.39 is 153 Å². The molecule has 4 aromatic carbocycles. The zero-order valence-corrected chi connectivity index (χ0v) is 36.2. The first kappa shape index (κ1) is 59.9. The van der Waals surface area contributed by atoms with E-state index in [9.17, 15) is 105 Å². The Kier molecular flexibility index (Phi) is 17.4. The molecular weight excluding hydrogens is 1040 g/mol. The van der Waals surface area contributed by atoms with Gasteiger partial charge in [0.2, 0.25) is 5.72 Å². The van der Waals surface area contributed by atoms with Crippen LogP contribution in [0, 0.1) is 6.07 Å². The number of benzene rings is 4. The van der Waals surface area contributed by atoms with Crippen LogP contribution in [0.25, 0.3) is 0 Å². The van der Waals surface area contributed by atoms with Crippen LogP contribution in [-0.4, -0.2) is 38.5 Å². The molecule has 396 valence electrons. The summed E-state index contributed by atoms with van der Waals surface area (Å²) in [7, 11) is -2.06. The molecule has 0 heterocycles. The third-order valence-electron chi connectivity index (χ3n) is 10.3.